The molecule has 4 nitrogen and oxygen atoms in total. The number of fused-ring (bicyclic) bond motifs is 1. The van der Waals surface area contributed by atoms with Crippen molar-refractivity contribution in [3.05, 3.63) is 24.3 Å². The topological polar surface area (TPSA) is 42.7 Å². The number of hydrogen-bond acceptors (Lipinski definition) is 3. The zero-order valence-electron chi connectivity index (χ0n) is 8.07. The molecule has 0 saturated carbocycles. The van der Waals surface area contributed by atoms with Crippen molar-refractivity contribution in [1.29, 1.82) is 0 Å². The van der Waals surface area contributed by atoms with Crippen LogP contribution in [0.1, 0.15) is 11.5 Å². The van der Waals surface area contributed by atoms with Gasteiger partial charge in [-0.1, -0.05) is 0 Å². The molecule has 2 aromatic heterocycles. The lowest BCUT2D eigenvalue weighted by Gasteiger charge is -2.27. The number of pyridine rings is 1. The first-order chi connectivity index (χ1) is 6.86. The molecule has 4 heteroatoms. The Hall–Kier alpha value is -1.42. The molecule has 72 valence electrons. The molecule has 3 heterocycles. The normalized spacial score (nSPS) is 17.2. The van der Waals surface area contributed by atoms with E-state index in [-0.39, 0.29) is 0 Å². The molecule has 0 bridgehead atoms. The second kappa shape index (κ2) is 2.78. The summed E-state index contributed by atoms with van der Waals surface area (Å²) in [6.07, 6.45) is 5.64. The van der Waals surface area contributed by atoms with Crippen LogP contribution in [0.3, 0.4) is 0 Å². The molecule has 1 N–H and O–H groups in total. The zero-order valence-corrected chi connectivity index (χ0v) is 8.07. The SMILES string of the molecule is Cn1cnc2cncc(C3CNC3)c21. The number of aryl methyl sites for hydroxylation is 1. The average molecular weight is 188 g/mol. The number of aromatic nitrogens is 3. The molecular formula is C10H12N4. The van der Waals surface area contributed by atoms with Gasteiger partial charge in [-0.3, -0.25) is 4.98 Å². The lowest BCUT2D eigenvalue weighted by molar-refractivity contribution is 0.449. The predicted molar refractivity (Wildman–Crippen MR) is 54.1 cm³/mol. The van der Waals surface area contributed by atoms with Crippen molar-refractivity contribution < 1.29 is 0 Å². The van der Waals surface area contributed by atoms with Gasteiger partial charge in [0, 0.05) is 37.8 Å². The van der Waals surface area contributed by atoms with Crippen LogP contribution in [0, 0.1) is 0 Å². The Morgan fingerprint density at radius 3 is 3.00 bits per heavy atom. The van der Waals surface area contributed by atoms with Crippen LogP contribution in [0.4, 0.5) is 0 Å². The summed E-state index contributed by atoms with van der Waals surface area (Å²) in [4.78, 5) is 8.53. The first-order valence-electron chi connectivity index (χ1n) is 4.82. The van der Waals surface area contributed by atoms with Crippen molar-refractivity contribution >= 4 is 11.0 Å². The van der Waals surface area contributed by atoms with E-state index in [2.05, 4.69) is 19.9 Å². The van der Waals surface area contributed by atoms with E-state index < -0.39 is 0 Å². The Morgan fingerprint density at radius 2 is 2.29 bits per heavy atom. The van der Waals surface area contributed by atoms with E-state index >= 15 is 0 Å². The van der Waals surface area contributed by atoms with Gasteiger partial charge < -0.3 is 9.88 Å². The standard InChI is InChI=1S/C10H12N4/c1-14-6-13-9-5-12-4-8(10(9)14)7-2-11-3-7/h4-7,11H,2-3H2,1H3. The van der Waals surface area contributed by atoms with Crippen LogP contribution < -0.4 is 5.32 Å². The number of nitrogens with one attached hydrogen (secondary N) is 1. The van der Waals surface area contributed by atoms with E-state index in [0.717, 1.165) is 18.6 Å². The van der Waals surface area contributed by atoms with Crippen molar-refractivity contribution in [3.63, 3.8) is 0 Å². The first-order valence-corrected chi connectivity index (χ1v) is 4.82. The highest BCUT2D eigenvalue weighted by atomic mass is 15.0. The Kier molecular flexibility index (Phi) is 1.58. The Labute approximate surface area is 82.0 Å². The fourth-order valence-corrected chi connectivity index (χ4v) is 1.95. The van der Waals surface area contributed by atoms with Crippen LogP contribution in [0.5, 0.6) is 0 Å². The molecule has 0 aliphatic carbocycles. The average Bonchev–Trinajstić information content (AvgIpc) is 2.46. The van der Waals surface area contributed by atoms with Gasteiger partial charge in [0.15, 0.2) is 0 Å². The maximum absolute atomic E-state index is 4.30. The van der Waals surface area contributed by atoms with E-state index in [0.29, 0.717) is 5.92 Å². The minimum Gasteiger partial charge on any atom is -0.333 e. The Bertz CT molecular complexity index is 470. The molecule has 14 heavy (non-hydrogen) atoms. The molecule has 1 aliphatic heterocycles. The van der Waals surface area contributed by atoms with Crippen molar-refractivity contribution in [3.8, 4) is 0 Å². The highest BCUT2D eigenvalue weighted by molar-refractivity contribution is 5.78. The lowest BCUT2D eigenvalue weighted by Crippen LogP contribution is -2.40. The highest BCUT2D eigenvalue weighted by Gasteiger charge is 2.22. The molecule has 0 unspecified atom stereocenters. The van der Waals surface area contributed by atoms with Gasteiger partial charge in [0.1, 0.15) is 5.52 Å². The van der Waals surface area contributed by atoms with Crippen LogP contribution >= 0.6 is 0 Å². The second-order valence-electron chi connectivity index (χ2n) is 3.81. The number of hydrogen-bond donors (Lipinski definition) is 1. The molecule has 0 aromatic carbocycles. The van der Waals surface area contributed by atoms with Gasteiger partial charge in [0.05, 0.1) is 18.0 Å². The van der Waals surface area contributed by atoms with Gasteiger partial charge in [-0.25, -0.2) is 4.98 Å². The van der Waals surface area contributed by atoms with E-state index in [9.17, 15) is 0 Å². The molecule has 1 fully saturated rings. The summed E-state index contributed by atoms with van der Waals surface area (Å²) >= 11 is 0. The summed E-state index contributed by atoms with van der Waals surface area (Å²) in [5, 5.41) is 3.28. The Morgan fingerprint density at radius 1 is 1.43 bits per heavy atom. The third-order valence-corrected chi connectivity index (χ3v) is 2.87. The van der Waals surface area contributed by atoms with E-state index in [1.165, 1.54) is 11.1 Å². The molecule has 0 radical (unpaired) electrons. The minimum absolute atomic E-state index is 0.613. The van der Waals surface area contributed by atoms with Crippen LogP contribution in [-0.2, 0) is 7.05 Å². The van der Waals surface area contributed by atoms with E-state index in [4.69, 9.17) is 0 Å². The predicted octanol–water partition coefficient (Wildman–Crippen LogP) is 0.655. The molecule has 0 atom stereocenters. The summed E-state index contributed by atoms with van der Waals surface area (Å²) in [5.41, 5.74) is 3.55. The second-order valence-corrected chi connectivity index (χ2v) is 3.81. The summed E-state index contributed by atoms with van der Waals surface area (Å²) in [7, 11) is 2.03. The third kappa shape index (κ3) is 0.974. The summed E-state index contributed by atoms with van der Waals surface area (Å²) in [5.74, 6) is 0.613. The van der Waals surface area contributed by atoms with Gasteiger partial charge in [0.2, 0.25) is 0 Å². The molecule has 1 saturated heterocycles. The van der Waals surface area contributed by atoms with Gasteiger partial charge in [0.25, 0.3) is 0 Å². The fourth-order valence-electron chi connectivity index (χ4n) is 1.95. The van der Waals surface area contributed by atoms with Gasteiger partial charge >= 0.3 is 0 Å². The van der Waals surface area contributed by atoms with Crippen molar-refractivity contribution in [2.45, 2.75) is 5.92 Å². The number of rotatable bonds is 1. The number of nitrogens with zero attached hydrogens (tertiary/aromatic N) is 3. The van der Waals surface area contributed by atoms with E-state index in [1.54, 1.807) is 0 Å². The maximum Gasteiger partial charge on any atom is 0.107 e. The van der Waals surface area contributed by atoms with Crippen molar-refractivity contribution in [2.24, 2.45) is 7.05 Å². The molecular weight excluding hydrogens is 176 g/mol. The molecule has 2 aromatic rings. The van der Waals surface area contributed by atoms with Gasteiger partial charge in [-0.2, -0.15) is 0 Å². The number of imidazole rings is 1. The smallest absolute Gasteiger partial charge is 0.107 e. The molecule has 1 aliphatic rings. The molecule has 0 amide bonds. The van der Waals surface area contributed by atoms with Crippen LogP contribution in [0.15, 0.2) is 18.7 Å². The third-order valence-electron chi connectivity index (χ3n) is 2.87. The van der Waals surface area contributed by atoms with Crippen molar-refractivity contribution in [1.82, 2.24) is 19.9 Å². The van der Waals surface area contributed by atoms with Crippen molar-refractivity contribution in [2.75, 3.05) is 13.1 Å². The van der Waals surface area contributed by atoms with Gasteiger partial charge in [-0.15, -0.1) is 0 Å². The zero-order chi connectivity index (χ0) is 9.54. The van der Waals surface area contributed by atoms with Crippen LogP contribution in [0.2, 0.25) is 0 Å². The van der Waals surface area contributed by atoms with Crippen LogP contribution in [0.25, 0.3) is 11.0 Å². The summed E-state index contributed by atoms with van der Waals surface area (Å²) in [6, 6.07) is 0. The maximum atomic E-state index is 4.30. The van der Waals surface area contributed by atoms with Crippen LogP contribution in [-0.4, -0.2) is 27.6 Å². The Balaban J connectivity index is 2.25. The largest absolute Gasteiger partial charge is 0.333 e. The molecule has 0 spiro atoms. The first kappa shape index (κ1) is 7.94. The monoisotopic (exact) mass is 188 g/mol. The summed E-state index contributed by atoms with van der Waals surface area (Å²) < 4.78 is 2.07. The highest BCUT2D eigenvalue weighted by Crippen LogP contribution is 2.25. The van der Waals surface area contributed by atoms with E-state index in [1.807, 2.05) is 25.8 Å². The lowest BCUT2D eigenvalue weighted by atomic mass is 9.94. The summed E-state index contributed by atoms with van der Waals surface area (Å²) in [6.45, 7) is 2.12. The fraction of sp³-hybridized carbons (Fsp3) is 0.400. The quantitative estimate of drug-likeness (QED) is 0.714. The van der Waals surface area contributed by atoms with Gasteiger partial charge in [-0.05, 0) is 0 Å². The molecule has 3 rings (SSSR count). The minimum atomic E-state index is 0.613.